The second-order valence-corrected chi connectivity index (χ2v) is 2.35. The highest BCUT2D eigenvalue weighted by atomic mass is 15.5. The van der Waals surface area contributed by atoms with Gasteiger partial charge in [0.15, 0.2) is 5.65 Å². The molecule has 5 nitrogen and oxygen atoms in total. The first-order valence-corrected chi connectivity index (χ1v) is 3.44. The van der Waals surface area contributed by atoms with Crippen LogP contribution in [0.4, 0.5) is 0 Å². The maximum atomic E-state index is 8.43. The third-order valence-electron chi connectivity index (χ3n) is 1.55. The van der Waals surface area contributed by atoms with Crippen LogP contribution in [0.15, 0.2) is 18.3 Å². The summed E-state index contributed by atoms with van der Waals surface area (Å²) in [6.07, 6.45) is 2.13. The molecule has 0 saturated heterocycles. The predicted octanol–water partition coefficient (Wildman–Crippen LogP) is 0.190. The van der Waals surface area contributed by atoms with Crippen molar-refractivity contribution in [1.29, 1.82) is 5.26 Å². The summed E-state index contributed by atoms with van der Waals surface area (Å²) in [7, 11) is 0. The standard InChI is InChI=1S/C7H5N5/c8-3-1-6-2-4-12-7(5-6)9-10-11-12/h2,4-5H,1H2. The zero-order valence-electron chi connectivity index (χ0n) is 6.18. The van der Waals surface area contributed by atoms with Gasteiger partial charge in [-0.2, -0.15) is 5.26 Å². The maximum absolute atomic E-state index is 8.43. The minimum absolute atomic E-state index is 0.392. The molecular formula is C7H5N5. The molecular weight excluding hydrogens is 154 g/mol. The van der Waals surface area contributed by atoms with Crippen LogP contribution in [0.2, 0.25) is 0 Å². The Balaban J connectivity index is 2.54. The normalized spacial score (nSPS) is 9.92. The van der Waals surface area contributed by atoms with E-state index in [9.17, 15) is 0 Å². The topological polar surface area (TPSA) is 66.9 Å². The van der Waals surface area contributed by atoms with Crippen LogP contribution in [0.3, 0.4) is 0 Å². The van der Waals surface area contributed by atoms with Gasteiger partial charge in [-0.3, -0.25) is 0 Å². The van der Waals surface area contributed by atoms with Gasteiger partial charge in [-0.25, -0.2) is 4.52 Å². The van der Waals surface area contributed by atoms with Crippen molar-refractivity contribution in [3.05, 3.63) is 23.9 Å². The Bertz CT molecular complexity index is 438. The van der Waals surface area contributed by atoms with Gasteiger partial charge in [0.25, 0.3) is 0 Å². The largest absolute Gasteiger partial charge is 0.201 e. The molecule has 0 amide bonds. The summed E-state index contributed by atoms with van der Waals surface area (Å²) < 4.78 is 1.56. The quantitative estimate of drug-likeness (QED) is 0.595. The number of rotatable bonds is 1. The van der Waals surface area contributed by atoms with Gasteiger partial charge in [-0.15, -0.1) is 5.10 Å². The van der Waals surface area contributed by atoms with Crippen LogP contribution in [-0.2, 0) is 6.42 Å². The number of aromatic nitrogens is 4. The third-order valence-corrected chi connectivity index (χ3v) is 1.55. The second-order valence-electron chi connectivity index (χ2n) is 2.35. The van der Waals surface area contributed by atoms with Crippen molar-refractivity contribution >= 4 is 5.65 Å². The molecule has 5 heteroatoms. The van der Waals surface area contributed by atoms with Crippen molar-refractivity contribution in [3.8, 4) is 6.07 Å². The molecule has 2 rings (SSSR count). The lowest BCUT2D eigenvalue weighted by atomic mass is 10.2. The van der Waals surface area contributed by atoms with Crippen molar-refractivity contribution in [2.45, 2.75) is 6.42 Å². The molecule has 0 spiro atoms. The molecule has 0 aromatic carbocycles. The molecule has 0 aliphatic heterocycles. The smallest absolute Gasteiger partial charge is 0.179 e. The summed E-state index contributed by atoms with van der Waals surface area (Å²) in [6, 6.07) is 5.68. The molecule has 0 radical (unpaired) electrons. The Labute approximate surface area is 68.2 Å². The fraction of sp³-hybridized carbons (Fsp3) is 0.143. The minimum Gasteiger partial charge on any atom is -0.201 e. The van der Waals surface area contributed by atoms with E-state index in [0.717, 1.165) is 5.56 Å². The summed E-state index contributed by atoms with van der Waals surface area (Å²) in [5.74, 6) is 0. The Morgan fingerprint density at radius 1 is 1.58 bits per heavy atom. The highest BCUT2D eigenvalue weighted by molar-refractivity contribution is 5.39. The van der Waals surface area contributed by atoms with Crippen LogP contribution in [0.25, 0.3) is 5.65 Å². The van der Waals surface area contributed by atoms with Crippen LogP contribution < -0.4 is 0 Å². The van der Waals surface area contributed by atoms with Gasteiger partial charge < -0.3 is 0 Å². The fourth-order valence-corrected chi connectivity index (χ4v) is 0.983. The van der Waals surface area contributed by atoms with E-state index in [1.165, 1.54) is 0 Å². The third kappa shape index (κ3) is 0.992. The lowest BCUT2D eigenvalue weighted by molar-refractivity contribution is 0.822. The number of hydrogen-bond donors (Lipinski definition) is 0. The number of nitriles is 1. The monoisotopic (exact) mass is 159 g/mol. The first-order chi connectivity index (χ1) is 5.90. The van der Waals surface area contributed by atoms with E-state index in [2.05, 4.69) is 21.6 Å². The highest BCUT2D eigenvalue weighted by Gasteiger charge is 1.97. The summed E-state index contributed by atoms with van der Waals surface area (Å²) >= 11 is 0. The van der Waals surface area contributed by atoms with E-state index in [0.29, 0.717) is 12.1 Å². The fourth-order valence-electron chi connectivity index (χ4n) is 0.983. The molecule has 0 bridgehead atoms. The van der Waals surface area contributed by atoms with Crippen molar-refractivity contribution in [1.82, 2.24) is 20.0 Å². The average Bonchev–Trinajstić information content (AvgIpc) is 2.51. The number of pyridine rings is 1. The van der Waals surface area contributed by atoms with E-state index in [1.54, 1.807) is 16.8 Å². The second kappa shape index (κ2) is 2.58. The molecule has 12 heavy (non-hydrogen) atoms. The number of nitrogens with zero attached hydrogens (tertiary/aromatic N) is 5. The van der Waals surface area contributed by atoms with Gasteiger partial charge in [-0.1, -0.05) is 0 Å². The van der Waals surface area contributed by atoms with Crippen LogP contribution in [-0.4, -0.2) is 20.0 Å². The Hall–Kier alpha value is -1.96. The van der Waals surface area contributed by atoms with Gasteiger partial charge in [0.1, 0.15) is 0 Å². The molecule has 0 fully saturated rings. The molecule has 0 saturated carbocycles. The predicted molar refractivity (Wildman–Crippen MR) is 40.1 cm³/mol. The average molecular weight is 159 g/mol. The first-order valence-electron chi connectivity index (χ1n) is 3.44. The zero-order chi connectivity index (χ0) is 8.39. The number of fused-ring (bicyclic) bond motifs is 1. The lowest BCUT2D eigenvalue weighted by Crippen LogP contribution is -1.89. The first kappa shape index (κ1) is 6.73. The van der Waals surface area contributed by atoms with Crippen LogP contribution >= 0.6 is 0 Å². The number of hydrogen-bond acceptors (Lipinski definition) is 4. The SMILES string of the molecule is N#CCc1ccn2nnnc2c1. The van der Waals surface area contributed by atoms with Crippen LogP contribution in [0, 0.1) is 11.3 Å². The van der Waals surface area contributed by atoms with Gasteiger partial charge in [0.05, 0.1) is 12.5 Å². The van der Waals surface area contributed by atoms with Gasteiger partial charge in [0, 0.05) is 6.20 Å². The Morgan fingerprint density at radius 3 is 3.33 bits per heavy atom. The molecule has 0 aliphatic rings. The molecule has 0 unspecified atom stereocenters. The minimum atomic E-state index is 0.392. The van der Waals surface area contributed by atoms with E-state index in [4.69, 9.17) is 5.26 Å². The van der Waals surface area contributed by atoms with Crippen molar-refractivity contribution < 1.29 is 0 Å². The Kier molecular flexibility index (Phi) is 1.45. The highest BCUT2D eigenvalue weighted by Crippen LogP contribution is 2.02. The van der Waals surface area contributed by atoms with Crippen molar-refractivity contribution in [2.75, 3.05) is 0 Å². The van der Waals surface area contributed by atoms with Crippen LogP contribution in [0.5, 0.6) is 0 Å². The summed E-state index contributed by atoms with van der Waals surface area (Å²) in [5, 5.41) is 19.4. The van der Waals surface area contributed by atoms with Gasteiger partial charge >= 0.3 is 0 Å². The summed E-state index contributed by atoms with van der Waals surface area (Å²) in [6.45, 7) is 0. The number of tetrazole rings is 1. The maximum Gasteiger partial charge on any atom is 0.179 e. The molecule has 0 atom stereocenters. The summed E-state index contributed by atoms with van der Waals surface area (Å²) in [4.78, 5) is 0. The van der Waals surface area contributed by atoms with Crippen molar-refractivity contribution in [3.63, 3.8) is 0 Å². The zero-order valence-corrected chi connectivity index (χ0v) is 6.18. The molecule has 2 heterocycles. The lowest BCUT2D eigenvalue weighted by Gasteiger charge is -1.92. The van der Waals surface area contributed by atoms with E-state index >= 15 is 0 Å². The van der Waals surface area contributed by atoms with E-state index in [-0.39, 0.29) is 0 Å². The van der Waals surface area contributed by atoms with Crippen LogP contribution in [0.1, 0.15) is 5.56 Å². The summed E-state index contributed by atoms with van der Waals surface area (Å²) in [5.41, 5.74) is 1.60. The molecule has 2 aromatic rings. The van der Waals surface area contributed by atoms with E-state index in [1.807, 2.05) is 6.07 Å². The van der Waals surface area contributed by atoms with Gasteiger partial charge in [0.2, 0.25) is 0 Å². The van der Waals surface area contributed by atoms with E-state index < -0.39 is 0 Å². The molecule has 58 valence electrons. The molecule has 0 aliphatic carbocycles. The molecule has 2 aromatic heterocycles. The van der Waals surface area contributed by atoms with Gasteiger partial charge in [-0.05, 0) is 28.1 Å². The van der Waals surface area contributed by atoms with Crippen molar-refractivity contribution in [2.24, 2.45) is 0 Å². The Morgan fingerprint density at radius 2 is 2.50 bits per heavy atom. The molecule has 0 N–H and O–H groups in total.